The lowest BCUT2D eigenvalue weighted by molar-refractivity contribution is 0.0954. The van der Waals surface area contributed by atoms with Crippen LogP contribution in [0, 0.1) is 0 Å². The van der Waals surface area contributed by atoms with E-state index < -0.39 is 0 Å². The molecule has 0 radical (unpaired) electrons. The van der Waals surface area contributed by atoms with E-state index in [1.807, 2.05) is 24.3 Å². The molecule has 2 N–H and O–H groups in total. The lowest BCUT2D eigenvalue weighted by atomic mass is 10.0. The summed E-state index contributed by atoms with van der Waals surface area (Å²) in [6.45, 7) is 2.90. The van der Waals surface area contributed by atoms with Crippen LogP contribution < -0.4 is 5.32 Å². The summed E-state index contributed by atoms with van der Waals surface area (Å²) < 4.78 is 0. The Kier molecular flexibility index (Phi) is 6.26. The summed E-state index contributed by atoms with van der Waals surface area (Å²) in [7, 11) is 0. The number of fused-ring (bicyclic) bond motifs is 1. The van der Waals surface area contributed by atoms with Crippen LogP contribution in [0.3, 0.4) is 0 Å². The minimum absolute atomic E-state index is 0.111. The minimum Gasteiger partial charge on any atom is -0.508 e. The molecule has 3 nitrogen and oxygen atoms in total. The predicted molar refractivity (Wildman–Crippen MR) is 91.3 cm³/mol. The third-order valence-corrected chi connectivity index (χ3v) is 3.91. The second-order valence-corrected chi connectivity index (χ2v) is 5.74. The number of carbonyl (C=O) groups excluding carboxylic acids is 1. The van der Waals surface area contributed by atoms with Crippen LogP contribution in [0.1, 0.15) is 55.8 Å². The number of carbonyl (C=O) groups is 1. The third-order valence-electron chi connectivity index (χ3n) is 3.91. The second kappa shape index (κ2) is 8.42. The Morgan fingerprint density at radius 3 is 2.59 bits per heavy atom. The number of unbranched alkanes of at least 4 members (excludes halogenated alkanes) is 5. The van der Waals surface area contributed by atoms with Crippen molar-refractivity contribution in [3.05, 3.63) is 42.0 Å². The predicted octanol–water partition coefficient (Wildman–Crippen LogP) is 4.64. The first-order valence-corrected chi connectivity index (χ1v) is 8.22. The van der Waals surface area contributed by atoms with Gasteiger partial charge in [-0.05, 0) is 29.3 Å². The van der Waals surface area contributed by atoms with Crippen molar-refractivity contribution < 1.29 is 9.90 Å². The van der Waals surface area contributed by atoms with Crippen LogP contribution in [0.15, 0.2) is 36.4 Å². The molecular weight excluding hydrogens is 274 g/mol. The Labute approximate surface area is 132 Å². The van der Waals surface area contributed by atoms with Gasteiger partial charge in [0, 0.05) is 6.54 Å². The molecule has 118 valence electrons. The number of rotatable bonds is 8. The van der Waals surface area contributed by atoms with Crippen molar-refractivity contribution in [2.24, 2.45) is 0 Å². The zero-order valence-corrected chi connectivity index (χ0v) is 13.3. The van der Waals surface area contributed by atoms with Crippen molar-refractivity contribution in [1.82, 2.24) is 5.32 Å². The molecule has 2 rings (SSSR count). The highest BCUT2D eigenvalue weighted by Gasteiger charge is 2.11. The zero-order valence-electron chi connectivity index (χ0n) is 13.3. The largest absolute Gasteiger partial charge is 0.508 e. The molecule has 0 aliphatic heterocycles. The Bertz CT molecular complexity index is 622. The van der Waals surface area contributed by atoms with Crippen molar-refractivity contribution >= 4 is 16.7 Å². The molecule has 0 aliphatic rings. The first kappa shape index (κ1) is 16.3. The van der Waals surface area contributed by atoms with E-state index in [1.165, 1.54) is 25.7 Å². The molecule has 0 atom stereocenters. The maximum atomic E-state index is 12.3. The third kappa shape index (κ3) is 4.48. The quantitative estimate of drug-likeness (QED) is 0.698. The lowest BCUT2D eigenvalue weighted by Gasteiger charge is -2.09. The van der Waals surface area contributed by atoms with Gasteiger partial charge in [0.15, 0.2) is 0 Å². The topological polar surface area (TPSA) is 49.3 Å². The van der Waals surface area contributed by atoms with Crippen molar-refractivity contribution in [3.8, 4) is 5.75 Å². The van der Waals surface area contributed by atoms with Gasteiger partial charge in [-0.3, -0.25) is 4.79 Å². The molecule has 0 saturated carbocycles. The smallest absolute Gasteiger partial charge is 0.252 e. The van der Waals surface area contributed by atoms with Gasteiger partial charge in [0.1, 0.15) is 5.75 Å². The van der Waals surface area contributed by atoms with Gasteiger partial charge in [-0.2, -0.15) is 0 Å². The molecule has 22 heavy (non-hydrogen) atoms. The second-order valence-electron chi connectivity index (χ2n) is 5.74. The van der Waals surface area contributed by atoms with Crippen LogP contribution in [0.5, 0.6) is 5.75 Å². The molecule has 0 spiro atoms. The summed E-state index contributed by atoms with van der Waals surface area (Å²) in [5.41, 5.74) is 0.543. The van der Waals surface area contributed by atoms with Crippen molar-refractivity contribution in [3.63, 3.8) is 0 Å². The molecule has 0 fully saturated rings. The van der Waals surface area contributed by atoms with Gasteiger partial charge >= 0.3 is 0 Å². The van der Waals surface area contributed by atoms with Gasteiger partial charge < -0.3 is 10.4 Å². The van der Waals surface area contributed by atoms with E-state index in [0.717, 1.165) is 23.6 Å². The summed E-state index contributed by atoms with van der Waals surface area (Å²) in [5.74, 6) is 0.0177. The number of hydrogen-bond donors (Lipinski definition) is 2. The fraction of sp³-hybridized carbons (Fsp3) is 0.421. The SMILES string of the molecule is CCCCCCCCNC(=O)c1cc(O)cc2ccccc12. The van der Waals surface area contributed by atoms with Crippen molar-refractivity contribution in [2.75, 3.05) is 6.54 Å². The van der Waals surface area contributed by atoms with E-state index in [2.05, 4.69) is 12.2 Å². The Hall–Kier alpha value is -2.03. The number of nitrogens with one attached hydrogen (secondary N) is 1. The van der Waals surface area contributed by atoms with Gasteiger partial charge in [-0.25, -0.2) is 0 Å². The van der Waals surface area contributed by atoms with Crippen LogP contribution in [0.2, 0.25) is 0 Å². The highest BCUT2D eigenvalue weighted by atomic mass is 16.3. The summed E-state index contributed by atoms with van der Waals surface area (Å²) in [6, 6.07) is 10.8. The van der Waals surface area contributed by atoms with Gasteiger partial charge in [0.25, 0.3) is 5.91 Å². The summed E-state index contributed by atoms with van der Waals surface area (Å²) in [6.07, 6.45) is 7.22. The summed E-state index contributed by atoms with van der Waals surface area (Å²) in [4.78, 5) is 12.3. The van der Waals surface area contributed by atoms with Gasteiger partial charge in [0.2, 0.25) is 0 Å². The molecule has 0 aromatic heterocycles. The van der Waals surface area contributed by atoms with Gasteiger partial charge in [-0.1, -0.05) is 63.3 Å². The van der Waals surface area contributed by atoms with Crippen molar-refractivity contribution in [2.45, 2.75) is 45.4 Å². The fourth-order valence-corrected chi connectivity index (χ4v) is 2.69. The summed E-state index contributed by atoms with van der Waals surface area (Å²) >= 11 is 0. The number of phenolic OH excluding ortho intramolecular Hbond substituents is 1. The molecule has 3 heteroatoms. The number of amides is 1. The minimum atomic E-state index is -0.111. The highest BCUT2D eigenvalue weighted by Crippen LogP contribution is 2.24. The first-order valence-electron chi connectivity index (χ1n) is 8.22. The number of hydrogen-bond acceptors (Lipinski definition) is 2. The van der Waals surface area contributed by atoms with Gasteiger partial charge in [0.05, 0.1) is 5.56 Å². The first-order chi connectivity index (χ1) is 10.7. The molecule has 0 heterocycles. The van der Waals surface area contributed by atoms with Gasteiger partial charge in [-0.15, -0.1) is 0 Å². The lowest BCUT2D eigenvalue weighted by Crippen LogP contribution is -2.24. The van der Waals surface area contributed by atoms with E-state index >= 15 is 0 Å². The Morgan fingerprint density at radius 2 is 1.77 bits per heavy atom. The van der Waals surface area contributed by atoms with E-state index in [4.69, 9.17) is 0 Å². The Balaban J connectivity index is 1.90. The monoisotopic (exact) mass is 299 g/mol. The number of benzene rings is 2. The molecule has 0 aliphatic carbocycles. The van der Waals surface area contributed by atoms with Crippen LogP contribution >= 0.6 is 0 Å². The van der Waals surface area contributed by atoms with E-state index in [-0.39, 0.29) is 11.7 Å². The van der Waals surface area contributed by atoms with Crippen LogP contribution in [0.25, 0.3) is 10.8 Å². The average Bonchev–Trinajstić information content (AvgIpc) is 2.53. The zero-order chi connectivity index (χ0) is 15.8. The molecular formula is C19H25NO2. The highest BCUT2D eigenvalue weighted by molar-refractivity contribution is 6.07. The van der Waals surface area contributed by atoms with E-state index in [0.29, 0.717) is 12.1 Å². The molecule has 2 aromatic rings. The fourth-order valence-electron chi connectivity index (χ4n) is 2.69. The van der Waals surface area contributed by atoms with E-state index in [9.17, 15) is 9.90 Å². The normalized spacial score (nSPS) is 10.8. The Morgan fingerprint density at radius 1 is 1.05 bits per heavy atom. The molecule has 0 saturated heterocycles. The van der Waals surface area contributed by atoms with Crippen LogP contribution in [-0.4, -0.2) is 17.6 Å². The maximum absolute atomic E-state index is 12.3. The number of aromatic hydroxyl groups is 1. The van der Waals surface area contributed by atoms with E-state index in [1.54, 1.807) is 12.1 Å². The molecule has 1 amide bonds. The standard InChI is InChI=1S/C19H25NO2/c1-2-3-4-5-6-9-12-20-19(22)18-14-16(21)13-15-10-7-8-11-17(15)18/h7-8,10-11,13-14,21H,2-6,9,12H2,1H3,(H,20,22). The average molecular weight is 299 g/mol. The van der Waals surface area contributed by atoms with Crippen molar-refractivity contribution in [1.29, 1.82) is 0 Å². The molecule has 0 unspecified atom stereocenters. The summed E-state index contributed by atoms with van der Waals surface area (Å²) in [5, 5.41) is 14.5. The van der Waals surface area contributed by atoms with Crippen LogP contribution in [0.4, 0.5) is 0 Å². The maximum Gasteiger partial charge on any atom is 0.252 e. The molecule has 0 bridgehead atoms. The van der Waals surface area contributed by atoms with Crippen LogP contribution in [-0.2, 0) is 0 Å². The number of phenols is 1. The molecule has 2 aromatic carbocycles.